The van der Waals surface area contributed by atoms with E-state index < -0.39 is 42.3 Å². The number of allylic oxidation sites excluding steroid dienone is 8. The zero-order chi connectivity index (χ0) is 13.8. The Morgan fingerprint density at radius 2 is 1.11 bits per heavy atom. The van der Waals surface area contributed by atoms with E-state index >= 15 is 0 Å². The molecule has 2 rings (SSSR count). The van der Waals surface area contributed by atoms with Gasteiger partial charge in [0.15, 0.2) is 0 Å². The van der Waals surface area contributed by atoms with Crippen LogP contribution in [0.5, 0.6) is 0 Å². The molecule has 0 N–H and O–H groups in total. The predicted octanol–water partition coefficient (Wildman–Crippen LogP) is 5.33. The van der Waals surface area contributed by atoms with Gasteiger partial charge in [0, 0.05) is 0 Å². The fourth-order valence-corrected chi connectivity index (χ4v) is 11.6. The summed E-state index contributed by atoms with van der Waals surface area (Å²) in [7, 11) is 0. The molecular formula is C16H28Pb2Ti. The number of hydrogen-bond donors (Lipinski definition) is 0. The summed E-state index contributed by atoms with van der Waals surface area (Å²) in [6, 6.07) is 0. The first-order valence-corrected chi connectivity index (χ1v) is 34.0. The van der Waals surface area contributed by atoms with Gasteiger partial charge in [-0.25, -0.2) is 0 Å². The minimum Gasteiger partial charge on any atom is -1.00 e. The first-order valence-electron chi connectivity index (χ1n) is 6.77. The smallest absolute Gasteiger partial charge is 1.00 e. The monoisotopic (exact) mass is 684 g/mol. The van der Waals surface area contributed by atoms with E-state index in [1.165, 1.54) is 0 Å². The molecule has 0 aromatic rings. The second kappa shape index (κ2) is 8.84. The van der Waals surface area contributed by atoms with E-state index in [2.05, 4.69) is 63.4 Å². The number of rotatable bonds is 2. The maximum atomic E-state index is 3.40. The van der Waals surface area contributed by atoms with Crippen LogP contribution in [0.1, 0.15) is 15.7 Å². The van der Waals surface area contributed by atoms with E-state index in [1.54, 1.807) is 6.26 Å². The molecule has 0 bridgehead atoms. The van der Waals surface area contributed by atoms with Crippen molar-refractivity contribution in [3.63, 3.8) is 0 Å². The zero-order valence-electron chi connectivity index (χ0n) is 15.2. The van der Waals surface area contributed by atoms with Crippen molar-refractivity contribution in [1.29, 1.82) is 0 Å². The minimum atomic E-state index is -1.79. The Balaban J connectivity index is -0.000000270. The molecule has 0 amide bonds. The molecule has 0 fully saturated rings. The molecular weight excluding hydrogens is 654 g/mol. The second-order valence-corrected chi connectivity index (χ2v) is 46.1. The maximum absolute atomic E-state index is 3.40. The van der Waals surface area contributed by atoms with Gasteiger partial charge < -0.3 is 2.85 Å². The van der Waals surface area contributed by atoms with Gasteiger partial charge in [0.25, 0.3) is 0 Å². The van der Waals surface area contributed by atoms with Crippen LogP contribution in [0.2, 0.25) is 26.9 Å². The van der Waals surface area contributed by atoms with Crippen LogP contribution in [0.3, 0.4) is 0 Å². The van der Waals surface area contributed by atoms with Gasteiger partial charge in [-0.1, -0.05) is 0 Å². The first-order chi connectivity index (χ1) is 8.21. The van der Waals surface area contributed by atoms with Gasteiger partial charge in [0.05, 0.1) is 0 Å². The van der Waals surface area contributed by atoms with E-state index in [1.807, 2.05) is 0 Å². The summed E-state index contributed by atoms with van der Waals surface area (Å²) < 4.78 is 17.8. The van der Waals surface area contributed by atoms with Gasteiger partial charge in [-0.05, 0) is 0 Å². The molecule has 0 aliphatic heterocycles. The maximum Gasteiger partial charge on any atom is 4.00 e. The molecule has 2 aliphatic carbocycles. The van der Waals surface area contributed by atoms with Gasteiger partial charge in [-0.3, -0.25) is 0 Å². The van der Waals surface area contributed by atoms with Gasteiger partial charge >= 0.3 is 147 Å². The van der Waals surface area contributed by atoms with Crippen molar-refractivity contribution in [2.24, 2.45) is 0 Å². The van der Waals surface area contributed by atoms with Crippen LogP contribution in [-0.2, 0) is 21.7 Å². The molecule has 0 saturated heterocycles. The average molecular weight is 683 g/mol. The Labute approximate surface area is 147 Å². The molecule has 0 atom stereocenters. The van der Waals surface area contributed by atoms with E-state index in [4.69, 9.17) is 0 Å². The first kappa shape index (κ1) is 20.5. The summed E-state index contributed by atoms with van der Waals surface area (Å²) in [5.74, 6) is 0. The number of hydrogen-bond acceptors (Lipinski definition) is 0. The molecule has 0 aromatic carbocycles. The van der Waals surface area contributed by atoms with Crippen LogP contribution in [0, 0.1) is 12.2 Å². The Morgan fingerprint density at radius 1 is 0.789 bits per heavy atom. The van der Waals surface area contributed by atoms with Crippen LogP contribution in [-0.4, -0.2) is 42.3 Å². The van der Waals surface area contributed by atoms with Gasteiger partial charge in [-0.2, -0.15) is 0 Å². The molecule has 3 heteroatoms. The van der Waals surface area contributed by atoms with Gasteiger partial charge in [-0.15, -0.1) is 0 Å². The summed E-state index contributed by atoms with van der Waals surface area (Å²) in [5.41, 5.74) is 0. The summed E-state index contributed by atoms with van der Waals surface area (Å²) in [4.78, 5) is 0. The van der Waals surface area contributed by atoms with Crippen molar-refractivity contribution in [3.8, 4) is 0 Å². The second-order valence-electron chi connectivity index (χ2n) is 6.89. The summed E-state index contributed by atoms with van der Waals surface area (Å²) >= 11 is -3.58. The molecule has 0 nitrogen and oxygen atoms in total. The fraction of sp³-hybridized carbons (Fsp3) is 0.500. The molecule has 0 aromatic heterocycles. The largest absolute Gasteiger partial charge is 4.00 e. The third-order valence-electron chi connectivity index (χ3n) is 3.01. The third-order valence-corrected chi connectivity index (χ3v) is 18.2. The van der Waals surface area contributed by atoms with Gasteiger partial charge in [0.1, 0.15) is 0 Å². The van der Waals surface area contributed by atoms with E-state index in [-0.39, 0.29) is 24.6 Å². The molecule has 2 aliphatic rings. The zero-order valence-corrected chi connectivity index (χ0v) is 22.6. The summed E-state index contributed by atoms with van der Waals surface area (Å²) in [5, 5.41) is 0. The Hall–Kier alpha value is 1.52. The Kier molecular flexibility index (Phi) is 9.55. The van der Waals surface area contributed by atoms with Gasteiger partial charge in [0.2, 0.25) is 0 Å². The van der Waals surface area contributed by atoms with Crippen LogP contribution >= 0.6 is 0 Å². The quantitative estimate of drug-likeness (QED) is 0.273. The fourth-order valence-electron chi connectivity index (χ4n) is 1.84. The van der Waals surface area contributed by atoms with Crippen molar-refractivity contribution in [1.82, 2.24) is 0 Å². The predicted molar refractivity (Wildman–Crippen MR) is 89.9 cm³/mol. The molecule has 19 heavy (non-hydrogen) atoms. The van der Waals surface area contributed by atoms with Crippen molar-refractivity contribution in [3.05, 3.63) is 42.7 Å². The molecule has 0 unspecified atom stereocenters. The molecule has 0 spiro atoms. The van der Waals surface area contributed by atoms with E-state index in [0.717, 1.165) is 12.8 Å². The average Bonchev–Trinajstić information content (AvgIpc) is 2.91. The van der Waals surface area contributed by atoms with Crippen LogP contribution in [0.4, 0.5) is 0 Å². The van der Waals surface area contributed by atoms with Crippen LogP contribution < -0.4 is 0 Å². The third kappa shape index (κ3) is 7.91. The standard InChI is InChI=1S/2C5H4.6CH3.2Pb.Ti.2H/c2*1-2-4-5-3-1;;;;;;;;;;;/h2*1-2H,3H2;6*1H3;;;;;/q2*-1;;;;;;;;;+4;2*-1. The normalized spacial score (nSPS) is 17.4. The molecule has 0 radical (unpaired) electrons. The van der Waals surface area contributed by atoms with Crippen molar-refractivity contribution in [2.45, 2.75) is 39.7 Å². The van der Waals surface area contributed by atoms with Crippen LogP contribution in [0.15, 0.2) is 30.6 Å². The molecule has 104 valence electrons. The SMILES string of the molecule is [CH3][Pb]([CH3])([CH3])[C]1=[C-]CC=C1.[CH3][Pb]([CH3])([CH3])[C]1=[C-]CC=C1.[H-].[H-].[Ti+4]. The van der Waals surface area contributed by atoms with Crippen molar-refractivity contribution in [2.75, 3.05) is 0 Å². The van der Waals surface area contributed by atoms with Crippen molar-refractivity contribution >= 4 is 42.3 Å². The minimum absolute atomic E-state index is 0. The Bertz CT molecular complexity index is 371. The summed E-state index contributed by atoms with van der Waals surface area (Å²) in [6.07, 6.45) is 17.9. The van der Waals surface area contributed by atoms with Crippen LogP contribution in [0.25, 0.3) is 0 Å². The van der Waals surface area contributed by atoms with E-state index in [9.17, 15) is 0 Å². The van der Waals surface area contributed by atoms with Crippen molar-refractivity contribution < 1.29 is 24.6 Å². The molecule has 0 heterocycles. The topological polar surface area (TPSA) is 0 Å². The Morgan fingerprint density at radius 3 is 1.21 bits per heavy atom. The van der Waals surface area contributed by atoms with E-state index in [0.29, 0.717) is 0 Å². The summed E-state index contributed by atoms with van der Waals surface area (Å²) in [6.45, 7) is 0. The molecule has 0 saturated carbocycles.